The summed E-state index contributed by atoms with van der Waals surface area (Å²) < 4.78 is 5.28. The minimum atomic E-state index is 0.0554. The normalized spacial score (nSPS) is 22.3. The largest absolute Gasteiger partial charge is 0.496 e. The van der Waals surface area contributed by atoms with E-state index < -0.39 is 0 Å². The number of carbonyl (C=O) groups excluding carboxylic acids is 1. The smallest absolute Gasteiger partial charge is 0.224 e. The Balaban J connectivity index is 1.94. The number of hydrogen-bond donors (Lipinski definition) is 2. The molecule has 0 radical (unpaired) electrons. The van der Waals surface area contributed by atoms with Crippen molar-refractivity contribution in [2.75, 3.05) is 13.7 Å². The lowest BCUT2D eigenvalue weighted by Crippen LogP contribution is -2.45. The third kappa shape index (κ3) is 3.73. The van der Waals surface area contributed by atoms with Crippen molar-refractivity contribution in [3.8, 4) is 5.75 Å². The molecule has 4 nitrogen and oxygen atoms in total. The maximum atomic E-state index is 12.2. The Morgan fingerprint density at radius 1 is 1.35 bits per heavy atom. The van der Waals surface area contributed by atoms with Crippen molar-refractivity contribution in [1.29, 1.82) is 0 Å². The number of methoxy groups -OCH3 is 1. The van der Waals surface area contributed by atoms with E-state index in [-0.39, 0.29) is 11.9 Å². The van der Waals surface area contributed by atoms with Gasteiger partial charge in [-0.05, 0) is 31.4 Å². The molecule has 2 atom stereocenters. The highest BCUT2D eigenvalue weighted by molar-refractivity contribution is 5.79. The SMILES string of the molecule is COc1ccccc1CC(=O)NC1CCCCC1CN. The van der Waals surface area contributed by atoms with Crippen LogP contribution in [-0.4, -0.2) is 25.6 Å². The van der Waals surface area contributed by atoms with Gasteiger partial charge in [-0.3, -0.25) is 4.79 Å². The summed E-state index contributed by atoms with van der Waals surface area (Å²) in [6.45, 7) is 0.652. The van der Waals surface area contributed by atoms with Crippen LogP contribution in [0.5, 0.6) is 5.75 Å². The predicted molar refractivity (Wildman–Crippen MR) is 79.6 cm³/mol. The van der Waals surface area contributed by atoms with Crippen LogP contribution in [0.1, 0.15) is 31.2 Å². The first-order valence-corrected chi connectivity index (χ1v) is 7.36. The maximum absolute atomic E-state index is 12.2. The minimum Gasteiger partial charge on any atom is -0.496 e. The van der Waals surface area contributed by atoms with Gasteiger partial charge in [0.2, 0.25) is 5.91 Å². The van der Waals surface area contributed by atoms with E-state index in [1.807, 2.05) is 24.3 Å². The molecule has 0 bridgehead atoms. The number of ether oxygens (including phenoxy) is 1. The van der Waals surface area contributed by atoms with Crippen molar-refractivity contribution in [2.24, 2.45) is 11.7 Å². The van der Waals surface area contributed by atoms with Gasteiger partial charge in [0.05, 0.1) is 13.5 Å². The Kier molecular flexibility index (Phi) is 5.41. The van der Waals surface area contributed by atoms with Crippen LogP contribution in [0.15, 0.2) is 24.3 Å². The number of hydrogen-bond acceptors (Lipinski definition) is 3. The van der Waals surface area contributed by atoms with Crippen LogP contribution in [0.3, 0.4) is 0 Å². The molecule has 2 unspecified atom stereocenters. The average Bonchev–Trinajstić information content (AvgIpc) is 2.48. The van der Waals surface area contributed by atoms with Gasteiger partial charge >= 0.3 is 0 Å². The second-order valence-electron chi connectivity index (χ2n) is 5.44. The topological polar surface area (TPSA) is 64.3 Å². The van der Waals surface area contributed by atoms with E-state index >= 15 is 0 Å². The van der Waals surface area contributed by atoms with E-state index in [0.29, 0.717) is 18.9 Å². The van der Waals surface area contributed by atoms with Crippen molar-refractivity contribution in [3.63, 3.8) is 0 Å². The van der Waals surface area contributed by atoms with Gasteiger partial charge in [0.15, 0.2) is 0 Å². The number of benzene rings is 1. The Morgan fingerprint density at radius 3 is 2.85 bits per heavy atom. The number of nitrogens with two attached hydrogens (primary N) is 1. The molecular weight excluding hydrogens is 252 g/mol. The highest BCUT2D eigenvalue weighted by Gasteiger charge is 2.25. The van der Waals surface area contributed by atoms with Crippen molar-refractivity contribution in [2.45, 2.75) is 38.1 Å². The summed E-state index contributed by atoms with van der Waals surface area (Å²) in [5, 5.41) is 3.15. The molecule has 4 heteroatoms. The lowest BCUT2D eigenvalue weighted by atomic mass is 9.84. The van der Waals surface area contributed by atoms with Gasteiger partial charge in [0, 0.05) is 11.6 Å². The molecule has 0 aromatic heterocycles. The number of carbonyl (C=O) groups is 1. The van der Waals surface area contributed by atoms with E-state index in [9.17, 15) is 4.79 Å². The molecule has 0 spiro atoms. The van der Waals surface area contributed by atoms with Gasteiger partial charge in [0.25, 0.3) is 0 Å². The van der Waals surface area contributed by atoms with Crippen molar-refractivity contribution >= 4 is 5.91 Å². The molecule has 1 fully saturated rings. The highest BCUT2D eigenvalue weighted by Crippen LogP contribution is 2.24. The Morgan fingerprint density at radius 2 is 2.10 bits per heavy atom. The summed E-state index contributed by atoms with van der Waals surface area (Å²) in [5.41, 5.74) is 6.72. The minimum absolute atomic E-state index is 0.0554. The van der Waals surface area contributed by atoms with Crippen LogP contribution in [0.4, 0.5) is 0 Å². The molecule has 1 aromatic rings. The number of rotatable bonds is 5. The van der Waals surface area contributed by atoms with Crippen LogP contribution in [-0.2, 0) is 11.2 Å². The van der Waals surface area contributed by atoms with Gasteiger partial charge in [0.1, 0.15) is 5.75 Å². The van der Waals surface area contributed by atoms with Crippen LogP contribution < -0.4 is 15.8 Å². The summed E-state index contributed by atoms with van der Waals surface area (Å²) in [5.74, 6) is 1.24. The van der Waals surface area contributed by atoms with Gasteiger partial charge < -0.3 is 15.8 Å². The summed E-state index contributed by atoms with van der Waals surface area (Å²) in [6, 6.07) is 7.88. The molecule has 2 rings (SSSR count). The first-order valence-electron chi connectivity index (χ1n) is 7.36. The van der Waals surface area contributed by atoms with E-state index in [0.717, 1.165) is 24.2 Å². The van der Waals surface area contributed by atoms with Crippen LogP contribution in [0.25, 0.3) is 0 Å². The first-order chi connectivity index (χ1) is 9.74. The standard InChI is InChI=1S/C16H24N2O2/c1-20-15-9-5-3-6-12(15)10-16(19)18-14-8-4-2-7-13(14)11-17/h3,5-6,9,13-14H,2,4,7-8,10-11,17H2,1H3,(H,18,19). The summed E-state index contributed by atoms with van der Waals surface area (Å²) in [6.07, 6.45) is 4.92. The quantitative estimate of drug-likeness (QED) is 0.863. The molecule has 0 heterocycles. The van der Waals surface area contributed by atoms with E-state index in [4.69, 9.17) is 10.5 Å². The zero-order valence-corrected chi connectivity index (χ0v) is 12.1. The Labute approximate surface area is 120 Å². The summed E-state index contributed by atoms with van der Waals surface area (Å²) in [7, 11) is 1.63. The molecule has 1 aliphatic rings. The van der Waals surface area contributed by atoms with E-state index in [1.165, 1.54) is 12.8 Å². The fourth-order valence-electron chi connectivity index (χ4n) is 2.96. The monoisotopic (exact) mass is 276 g/mol. The molecule has 110 valence electrons. The molecule has 1 amide bonds. The maximum Gasteiger partial charge on any atom is 0.224 e. The second kappa shape index (κ2) is 7.29. The molecule has 1 saturated carbocycles. The lowest BCUT2D eigenvalue weighted by molar-refractivity contribution is -0.121. The fourth-order valence-corrected chi connectivity index (χ4v) is 2.96. The molecule has 1 aromatic carbocycles. The number of para-hydroxylation sites is 1. The predicted octanol–water partition coefficient (Wildman–Crippen LogP) is 1.87. The molecular formula is C16H24N2O2. The molecule has 3 N–H and O–H groups in total. The lowest BCUT2D eigenvalue weighted by Gasteiger charge is -2.31. The molecule has 1 aliphatic carbocycles. The molecule has 0 aliphatic heterocycles. The van der Waals surface area contributed by atoms with Crippen molar-refractivity contribution < 1.29 is 9.53 Å². The number of amides is 1. The Hall–Kier alpha value is -1.55. The van der Waals surface area contributed by atoms with Gasteiger partial charge in [-0.25, -0.2) is 0 Å². The zero-order chi connectivity index (χ0) is 14.4. The summed E-state index contributed by atoms with van der Waals surface area (Å²) in [4.78, 5) is 12.2. The fraction of sp³-hybridized carbons (Fsp3) is 0.562. The van der Waals surface area contributed by atoms with Gasteiger partial charge in [-0.1, -0.05) is 31.0 Å². The molecule has 0 saturated heterocycles. The van der Waals surface area contributed by atoms with Crippen molar-refractivity contribution in [1.82, 2.24) is 5.32 Å². The van der Waals surface area contributed by atoms with Crippen LogP contribution in [0.2, 0.25) is 0 Å². The molecule has 20 heavy (non-hydrogen) atoms. The summed E-state index contributed by atoms with van der Waals surface area (Å²) >= 11 is 0. The first kappa shape index (κ1) is 14.9. The van der Waals surface area contributed by atoms with E-state index in [1.54, 1.807) is 7.11 Å². The van der Waals surface area contributed by atoms with Gasteiger partial charge in [-0.15, -0.1) is 0 Å². The van der Waals surface area contributed by atoms with Crippen LogP contribution >= 0.6 is 0 Å². The third-order valence-electron chi connectivity index (χ3n) is 4.10. The third-order valence-corrected chi connectivity index (χ3v) is 4.10. The highest BCUT2D eigenvalue weighted by atomic mass is 16.5. The van der Waals surface area contributed by atoms with E-state index in [2.05, 4.69) is 5.32 Å². The second-order valence-corrected chi connectivity index (χ2v) is 5.44. The Bertz CT molecular complexity index is 448. The van der Waals surface area contributed by atoms with Gasteiger partial charge in [-0.2, -0.15) is 0 Å². The van der Waals surface area contributed by atoms with Crippen LogP contribution in [0, 0.1) is 5.92 Å². The average molecular weight is 276 g/mol. The van der Waals surface area contributed by atoms with Crippen molar-refractivity contribution in [3.05, 3.63) is 29.8 Å². The zero-order valence-electron chi connectivity index (χ0n) is 12.1. The number of nitrogens with one attached hydrogen (secondary N) is 1.